The molecule has 0 spiro atoms. The summed E-state index contributed by atoms with van der Waals surface area (Å²) >= 11 is 1.56. The first-order valence-electron chi connectivity index (χ1n) is 7.83. The zero-order chi connectivity index (χ0) is 16.5. The predicted octanol–water partition coefficient (Wildman–Crippen LogP) is 2.78. The average molecular weight is 339 g/mol. The van der Waals surface area contributed by atoms with Gasteiger partial charge in [0.2, 0.25) is 5.78 Å². The number of aromatic nitrogens is 1. The summed E-state index contributed by atoms with van der Waals surface area (Å²) in [6, 6.07) is 8.75. The Labute approximate surface area is 144 Å². The molecule has 0 saturated carbocycles. The highest BCUT2D eigenvalue weighted by atomic mass is 32.1. The van der Waals surface area contributed by atoms with Crippen molar-refractivity contribution in [1.29, 1.82) is 0 Å². The van der Waals surface area contributed by atoms with Crippen LogP contribution in [-0.4, -0.2) is 38.6 Å². The van der Waals surface area contributed by atoms with E-state index < -0.39 is 6.04 Å². The second kappa shape index (κ2) is 6.32. The van der Waals surface area contributed by atoms with E-state index in [1.165, 1.54) is 5.06 Å². The van der Waals surface area contributed by atoms with Crippen LogP contribution in [0.3, 0.4) is 0 Å². The molecular weight excluding hydrogens is 322 g/mol. The van der Waals surface area contributed by atoms with Gasteiger partial charge in [0, 0.05) is 24.0 Å². The maximum absolute atomic E-state index is 13.0. The first-order valence-corrected chi connectivity index (χ1v) is 8.71. The Morgan fingerprint density at radius 3 is 2.88 bits per heavy atom. The van der Waals surface area contributed by atoms with Gasteiger partial charge in [-0.1, -0.05) is 42.5 Å². The van der Waals surface area contributed by atoms with Crippen LogP contribution in [0.5, 0.6) is 0 Å². The minimum atomic E-state index is -0.682. The summed E-state index contributed by atoms with van der Waals surface area (Å²) in [4.78, 5) is 20.1. The third kappa shape index (κ3) is 2.58. The molecule has 0 aliphatic carbocycles. The molecule has 1 N–H and O–H groups in total. The number of fused-ring (bicyclic) bond motifs is 1. The molecule has 2 aliphatic rings. The molecule has 122 valence electrons. The molecular formula is C18H17N3O2S. The third-order valence-electron chi connectivity index (χ3n) is 4.41. The number of rotatable bonds is 3. The Morgan fingerprint density at radius 1 is 1.29 bits per heavy atom. The molecule has 0 bridgehead atoms. The Balaban J connectivity index is 1.74. The number of carbonyl (C=O) groups is 1. The van der Waals surface area contributed by atoms with Crippen LogP contribution in [0.25, 0.3) is 0 Å². The van der Waals surface area contributed by atoms with Crippen molar-refractivity contribution in [3.05, 3.63) is 76.4 Å². The molecule has 2 unspecified atom stereocenters. The highest BCUT2D eigenvalue weighted by molar-refractivity contribution is 7.09. The van der Waals surface area contributed by atoms with Crippen molar-refractivity contribution in [2.75, 3.05) is 6.54 Å². The van der Waals surface area contributed by atoms with Crippen LogP contribution >= 0.6 is 11.3 Å². The van der Waals surface area contributed by atoms with Crippen molar-refractivity contribution in [2.45, 2.75) is 18.6 Å². The standard InChI is InChI=1S/C18H17N3O2S/c22-18-15-8-4-5-9-20(15)16(10-14-11-19-12-24-14)21(23)17(18)13-6-2-1-3-7-13/h1-8,11-12,16-17,23H,9-10H2. The van der Waals surface area contributed by atoms with Gasteiger partial charge >= 0.3 is 0 Å². The van der Waals surface area contributed by atoms with E-state index in [1.54, 1.807) is 16.8 Å². The monoisotopic (exact) mass is 339 g/mol. The van der Waals surface area contributed by atoms with Gasteiger partial charge in [-0.25, -0.2) is 0 Å². The Bertz CT molecular complexity index is 786. The molecule has 1 aromatic carbocycles. The fourth-order valence-corrected chi connectivity index (χ4v) is 3.90. The lowest BCUT2D eigenvalue weighted by molar-refractivity contribution is -0.209. The van der Waals surface area contributed by atoms with Crippen LogP contribution in [-0.2, 0) is 11.2 Å². The molecule has 2 aliphatic heterocycles. The smallest absolute Gasteiger partial charge is 0.202 e. The zero-order valence-electron chi connectivity index (χ0n) is 12.9. The number of ketones is 1. The fourth-order valence-electron chi connectivity index (χ4n) is 3.27. The number of thiazole rings is 1. The summed E-state index contributed by atoms with van der Waals surface area (Å²) in [5.74, 6) is -0.0754. The summed E-state index contributed by atoms with van der Waals surface area (Å²) in [6.07, 6.45) is 7.87. The summed E-state index contributed by atoms with van der Waals surface area (Å²) in [5.41, 5.74) is 3.24. The molecule has 3 heterocycles. The summed E-state index contributed by atoms with van der Waals surface area (Å²) in [7, 11) is 0. The molecule has 1 saturated heterocycles. The Hall–Kier alpha value is -2.28. The summed E-state index contributed by atoms with van der Waals surface area (Å²) in [5, 5.41) is 12.1. The van der Waals surface area contributed by atoms with Crippen LogP contribution in [0.15, 0.2) is 66.0 Å². The third-order valence-corrected chi connectivity index (χ3v) is 5.22. The molecule has 5 nitrogen and oxygen atoms in total. The number of hydroxylamine groups is 2. The van der Waals surface area contributed by atoms with E-state index in [0.717, 1.165) is 10.4 Å². The molecule has 2 atom stereocenters. The molecule has 24 heavy (non-hydrogen) atoms. The van der Waals surface area contributed by atoms with Crippen molar-refractivity contribution >= 4 is 17.1 Å². The molecule has 1 aromatic heterocycles. The van der Waals surface area contributed by atoms with Crippen molar-refractivity contribution in [1.82, 2.24) is 14.9 Å². The quantitative estimate of drug-likeness (QED) is 0.932. The molecule has 0 amide bonds. The van der Waals surface area contributed by atoms with Gasteiger partial charge in [-0.3, -0.25) is 9.78 Å². The number of benzene rings is 1. The predicted molar refractivity (Wildman–Crippen MR) is 91.4 cm³/mol. The van der Waals surface area contributed by atoms with Crippen LogP contribution in [0.2, 0.25) is 0 Å². The van der Waals surface area contributed by atoms with E-state index in [1.807, 2.05) is 59.7 Å². The topological polar surface area (TPSA) is 56.7 Å². The maximum atomic E-state index is 13.0. The second-order valence-corrected chi connectivity index (χ2v) is 6.81. The van der Waals surface area contributed by atoms with Gasteiger partial charge in [0.25, 0.3) is 0 Å². The molecule has 2 aromatic rings. The summed E-state index contributed by atoms with van der Waals surface area (Å²) < 4.78 is 0. The number of carbonyl (C=O) groups excluding carboxylic acids is 1. The van der Waals surface area contributed by atoms with Gasteiger partial charge < -0.3 is 10.1 Å². The fraction of sp³-hybridized carbons (Fsp3) is 0.222. The summed E-state index contributed by atoms with van der Waals surface area (Å²) in [6.45, 7) is 0.611. The first-order chi connectivity index (χ1) is 11.8. The van der Waals surface area contributed by atoms with E-state index in [9.17, 15) is 10.0 Å². The number of hydrogen-bond acceptors (Lipinski definition) is 6. The maximum Gasteiger partial charge on any atom is 0.202 e. The van der Waals surface area contributed by atoms with Crippen LogP contribution < -0.4 is 0 Å². The van der Waals surface area contributed by atoms with Gasteiger partial charge in [0.05, 0.1) is 11.2 Å². The normalized spacial score (nSPS) is 24.0. The van der Waals surface area contributed by atoms with E-state index in [0.29, 0.717) is 18.7 Å². The lowest BCUT2D eigenvalue weighted by Gasteiger charge is -2.46. The van der Waals surface area contributed by atoms with E-state index >= 15 is 0 Å². The number of hydrogen-bond donors (Lipinski definition) is 1. The second-order valence-electron chi connectivity index (χ2n) is 5.84. The molecule has 1 fully saturated rings. The van der Waals surface area contributed by atoms with E-state index in [-0.39, 0.29) is 11.9 Å². The van der Waals surface area contributed by atoms with Crippen molar-refractivity contribution < 1.29 is 10.0 Å². The first kappa shape index (κ1) is 15.3. The Kier molecular flexibility index (Phi) is 4.02. The van der Waals surface area contributed by atoms with Gasteiger partial charge in [0.1, 0.15) is 12.2 Å². The van der Waals surface area contributed by atoms with Crippen molar-refractivity contribution in [3.63, 3.8) is 0 Å². The lowest BCUT2D eigenvalue weighted by atomic mass is 9.94. The van der Waals surface area contributed by atoms with Gasteiger partial charge in [-0.2, -0.15) is 5.06 Å². The van der Waals surface area contributed by atoms with Crippen molar-refractivity contribution in [2.24, 2.45) is 0 Å². The number of nitrogens with zero attached hydrogens (tertiary/aromatic N) is 3. The van der Waals surface area contributed by atoms with Gasteiger partial charge in [-0.05, 0) is 11.6 Å². The molecule has 4 rings (SSSR count). The largest absolute Gasteiger partial charge is 0.347 e. The highest BCUT2D eigenvalue weighted by Crippen LogP contribution is 2.36. The highest BCUT2D eigenvalue weighted by Gasteiger charge is 2.44. The minimum absolute atomic E-state index is 0.0754. The van der Waals surface area contributed by atoms with Crippen LogP contribution in [0.4, 0.5) is 0 Å². The van der Waals surface area contributed by atoms with Crippen molar-refractivity contribution in [3.8, 4) is 0 Å². The zero-order valence-corrected chi connectivity index (χ0v) is 13.8. The SMILES string of the molecule is O=C1C2=CC=CCN2C(Cc2cncs2)N(O)C1c1ccccc1. The lowest BCUT2D eigenvalue weighted by Crippen LogP contribution is -2.57. The van der Waals surface area contributed by atoms with E-state index in [4.69, 9.17) is 0 Å². The van der Waals surface area contributed by atoms with Crippen LogP contribution in [0.1, 0.15) is 16.5 Å². The molecule has 0 radical (unpaired) electrons. The number of allylic oxidation sites excluding steroid dienone is 2. The minimum Gasteiger partial charge on any atom is -0.347 e. The number of Topliss-reactive ketones (excluding diaryl/α,β-unsaturated/α-hetero) is 1. The average Bonchev–Trinajstić information content (AvgIpc) is 3.13. The van der Waals surface area contributed by atoms with E-state index in [2.05, 4.69) is 4.98 Å². The molecule has 6 heteroatoms. The Morgan fingerprint density at radius 2 is 2.12 bits per heavy atom. The van der Waals surface area contributed by atoms with Crippen LogP contribution in [0, 0.1) is 0 Å². The van der Waals surface area contributed by atoms with Gasteiger partial charge in [-0.15, -0.1) is 11.3 Å². The van der Waals surface area contributed by atoms with Gasteiger partial charge in [0.15, 0.2) is 0 Å².